The Labute approximate surface area is 120 Å². The highest BCUT2D eigenvalue weighted by Gasteiger charge is 2.12. The van der Waals surface area contributed by atoms with E-state index in [2.05, 4.69) is 10.2 Å². The number of aromatic nitrogens is 3. The van der Waals surface area contributed by atoms with Crippen molar-refractivity contribution in [2.75, 3.05) is 5.73 Å². The van der Waals surface area contributed by atoms with Crippen LogP contribution in [0.25, 0.3) is 0 Å². The van der Waals surface area contributed by atoms with E-state index in [0.717, 1.165) is 5.56 Å². The van der Waals surface area contributed by atoms with Gasteiger partial charge in [-0.25, -0.2) is 9.89 Å². The number of hydrogen-bond donors (Lipinski definition) is 2. The molecule has 5 nitrogen and oxygen atoms in total. The predicted molar refractivity (Wildman–Crippen MR) is 78.7 cm³/mol. The van der Waals surface area contributed by atoms with E-state index in [-0.39, 0.29) is 11.7 Å². The number of nitrogen functional groups attached to an aromatic ring is 1. The molecule has 0 spiro atoms. The Morgan fingerprint density at radius 1 is 1.53 bits per heavy atom. The molecule has 0 saturated carbocycles. The lowest BCUT2D eigenvalue weighted by molar-refractivity contribution is 0.534. The molecule has 2 aromatic rings. The molecule has 0 aliphatic heterocycles. The van der Waals surface area contributed by atoms with Gasteiger partial charge < -0.3 is 5.73 Å². The quantitative estimate of drug-likeness (QED) is 0.672. The van der Waals surface area contributed by atoms with Crippen molar-refractivity contribution in [3.8, 4) is 0 Å². The first-order valence-electron chi connectivity index (χ1n) is 5.82. The fourth-order valence-corrected chi connectivity index (χ4v) is 3.08. The Bertz CT molecular complexity index is 635. The third-order valence-corrected chi connectivity index (χ3v) is 3.98. The molecular weight excluding hydrogens is 284 g/mol. The van der Waals surface area contributed by atoms with Crippen LogP contribution in [0.4, 0.5) is 5.69 Å². The fraction of sp³-hybridized carbons (Fsp3) is 0.333. The van der Waals surface area contributed by atoms with E-state index >= 15 is 0 Å². The SMILES string of the molecule is CC(C)n1c(SCc2ccc(N)cc2Cl)n[nH]c1=O. The second-order valence-corrected chi connectivity index (χ2v) is 5.76. The molecule has 7 heteroatoms. The Hall–Kier alpha value is -1.40. The highest BCUT2D eigenvalue weighted by atomic mass is 35.5. The van der Waals surface area contributed by atoms with Gasteiger partial charge in [0.1, 0.15) is 0 Å². The van der Waals surface area contributed by atoms with E-state index in [9.17, 15) is 4.79 Å². The van der Waals surface area contributed by atoms with Crippen LogP contribution in [0.3, 0.4) is 0 Å². The highest BCUT2D eigenvalue weighted by molar-refractivity contribution is 7.98. The number of H-pyrrole nitrogens is 1. The zero-order valence-electron chi connectivity index (χ0n) is 10.7. The average molecular weight is 299 g/mol. The van der Waals surface area contributed by atoms with Crippen LogP contribution in [0, 0.1) is 0 Å². The van der Waals surface area contributed by atoms with Gasteiger partial charge in [-0.15, -0.1) is 5.10 Å². The summed E-state index contributed by atoms with van der Waals surface area (Å²) >= 11 is 7.58. The number of rotatable bonds is 4. The second-order valence-electron chi connectivity index (χ2n) is 4.41. The first kappa shape index (κ1) is 14.0. The molecule has 0 amide bonds. The molecule has 0 aliphatic rings. The van der Waals surface area contributed by atoms with Gasteiger partial charge in [-0.3, -0.25) is 4.57 Å². The van der Waals surface area contributed by atoms with Gasteiger partial charge in [-0.1, -0.05) is 29.4 Å². The third-order valence-electron chi connectivity index (χ3n) is 2.62. The smallest absolute Gasteiger partial charge is 0.344 e. The minimum Gasteiger partial charge on any atom is -0.399 e. The summed E-state index contributed by atoms with van der Waals surface area (Å²) in [7, 11) is 0. The lowest BCUT2D eigenvalue weighted by Crippen LogP contribution is -2.19. The maximum atomic E-state index is 11.6. The Balaban J connectivity index is 2.17. The lowest BCUT2D eigenvalue weighted by Gasteiger charge is -2.09. The fourth-order valence-electron chi connectivity index (χ4n) is 1.67. The molecular formula is C12H15ClN4OS. The molecule has 0 unspecified atom stereocenters. The van der Waals surface area contributed by atoms with Crippen molar-refractivity contribution in [2.24, 2.45) is 0 Å². The molecule has 19 heavy (non-hydrogen) atoms. The van der Waals surface area contributed by atoms with Crippen molar-refractivity contribution in [2.45, 2.75) is 30.8 Å². The molecule has 0 fully saturated rings. The largest absolute Gasteiger partial charge is 0.399 e. The van der Waals surface area contributed by atoms with Gasteiger partial charge in [0.25, 0.3) is 0 Å². The van der Waals surface area contributed by atoms with Crippen LogP contribution in [-0.2, 0) is 5.75 Å². The number of nitrogens with two attached hydrogens (primary N) is 1. The molecule has 1 aromatic heterocycles. The van der Waals surface area contributed by atoms with E-state index in [1.54, 1.807) is 10.6 Å². The molecule has 3 N–H and O–H groups in total. The van der Waals surface area contributed by atoms with E-state index in [1.165, 1.54) is 11.8 Å². The number of anilines is 1. The molecule has 0 atom stereocenters. The summed E-state index contributed by atoms with van der Waals surface area (Å²) in [4.78, 5) is 11.6. The summed E-state index contributed by atoms with van der Waals surface area (Å²) in [5, 5.41) is 7.77. The van der Waals surface area contributed by atoms with Crippen LogP contribution < -0.4 is 11.4 Å². The molecule has 102 valence electrons. The van der Waals surface area contributed by atoms with Crippen molar-refractivity contribution in [1.82, 2.24) is 14.8 Å². The first-order chi connectivity index (χ1) is 8.99. The number of hydrogen-bond acceptors (Lipinski definition) is 4. The number of nitrogens with zero attached hydrogens (tertiary/aromatic N) is 2. The van der Waals surface area contributed by atoms with E-state index in [1.807, 2.05) is 26.0 Å². The zero-order valence-corrected chi connectivity index (χ0v) is 12.3. The van der Waals surface area contributed by atoms with Crippen LogP contribution in [0.1, 0.15) is 25.5 Å². The van der Waals surface area contributed by atoms with Crippen LogP contribution in [0.2, 0.25) is 5.02 Å². The van der Waals surface area contributed by atoms with Crippen molar-refractivity contribution in [1.29, 1.82) is 0 Å². The Kier molecular flexibility index (Phi) is 4.21. The van der Waals surface area contributed by atoms with Crippen LogP contribution in [0.15, 0.2) is 28.2 Å². The number of halogens is 1. The molecule has 1 heterocycles. The molecule has 0 bridgehead atoms. The van der Waals surface area contributed by atoms with Gasteiger partial charge in [0.05, 0.1) is 0 Å². The maximum Gasteiger partial charge on any atom is 0.344 e. The van der Waals surface area contributed by atoms with Crippen LogP contribution >= 0.6 is 23.4 Å². The molecule has 0 aliphatic carbocycles. The summed E-state index contributed by atoms with van der Waals surface area (Å²) in [5.41, 5.74) is 7.06. The van der Waals surface area contributed by atoms with Crippen molar-refractivity contribution in [3.05, 3.63) is 39.3 Å². The first-order valence-corrected chi connectivity index (χ1v) is 7.19. The van der Waals surface area contributed by atoms with Gasteiger partial charge in [-0.05, 0) is 31.5 Å². The third kappa shape index (κ3) is 3.13. The summed E-state index contributed by atoms with van der Waals surface area (Å²) in [6, 6.07) is 5.48. The van der Waals surface area contributed by atoms with Crippen molar-refractivity contribution < 1.29 is 0 Å². The highest BCUT2D eigenvalue weighted by Crippen LogP contribution is 2.27. The number of nitrogens with one attached hydrogen (secondary N) is 1. The van der Waals surface area contributed by atoms with Gasteiger partial charge in [0.15, 0.2) is 5.16 Å². The summed E-state index contributed by atoms with van der Waals surface area (Å²) in [6.07, 6.45) is 0. The molecule has 0 radical (unpaired) electrons. The van der Waals surface area contributed by atoms with Gasteiger partial charge in [0.2, 0.25) is 0 Å². The monoisotopic (exact) mass is 298 g/mol. The van der Waals surface area contributed by atoms with Gasteiger partial charge in [0, 0.05) is 22.5 Å². The topological polar surface area (TPSA) is 76.7 Å². The van der Waals surface area contributed by atoms with E-state index in [4.69, 9.17) is 17.3 Å². The zero-order chi connectivity index (χ0) is 14.0. The predicted octanol–water partition coefficient (Wildman–Crippen LogP) is 2.68. The van der Waals surface area contributed by atoms with E-state index < -0.39 is 0 Å². The van der Waals surface area contributed by atoms with Crippen molar-refractivity contribution in [3.63, 3.8) is 0 Å². The molecule has 1 aromatic carbocycles. The Morgan fingerprint density at radius 2 is 2.26 bits per heavy atom. The number of aromatic amines is 1. The maximum absolute atomic E-state index is 11.6. The summed E-state index contributed by atoms with van der Waals surface area (Å²) in [5.74, 6) is 0.635. The molecule has 2 rings (SSSR count). The minimum atomic E-state index is -0.194. The number of thioether (sulfide) groups is 1. The average Bonchev–Trinajstić information content (AvgIpc) is 2.69. The summed E-state index contributed by atoms with van der Waals surface area (Å²) < 4.78 is 1.62. The van der Waals surface area contributed by atoms with E-state index in [0.29, 0.717) is 21.6 Å². The minimum absolute atomic E-state index is 0.0654. The van der Waals surface area contributed by atoms with Crippen LogP contribution in [-0.4, -0.2) is 14.8 Å². The normalized spacial score (nSPS) is 11.2. The standard InChI is InChI=1S/C12H15ClN4OS/c1-7(2)17-11(18)15-16-12(17)19-6-8-3-4-9(14)5-10(8)13/h3-5,7H,6,14H2,1-2H3,(H,15,18). The number of benzene rings is 1. The lowest BCUT2D eigenvalue weighted by atomic mass is 10.2. The van der Waals surface area contributed by atoms with Crippen molar-refractivity contribution >= 4 is 29.1 Å². The van der Waals surface area contributed by atoms with Crippen LogP contribution in [0.5, 0.6) is 0 Å². The second kappa shape index (κ2) is 5.71. The summed E-state index contributed by atoms with van der Waals surface area (Å²) in [6.45, 7) is 3.88. The van der Waals surface area contributed by atoms with Gasteiger partial charge >= 0.3 is 5.69 Å². The van der Waals surface area contributed by atoms with Gasteiger partial charge in [-0.2, -0.15) is 0 Å². The Morgan fingerprint density at radius 3 is 2.89 bits per heavy atom. The molecule has 0 saturated heterocycles.